The minimum Gasteiger partial charge on any atom is -0.382 e. The summed E-state index contributed by atoms with van der Waals surface area (Å²) in [4.78, 5) is 13.2. The molecule has 2 rings (SSSR count). The number of para-hydroxylation sites is 1. The number of hydrogen-bond donors (Lipinski definition) is 1. The number of benzene rings is 1. The molecule has 1 N–H and O–H groups in total. The molecule has 1 aromatic carbocycles. The van der Waals surface area contributed by atoms with Gasteiger partial charge in [-0.25, -0.2) is 0 Å². The lowest BCUT2D eigenvalue weighted by Gasteiger charge is -2.30. The molecule has 1 aliphatic heterocycles. The highest BCUT2D eigenvalue weighted by molar-refractivity contribution is 5.84. The van der Waals surface area contributed by atoms with Crippen LogP contribution < -0.4 is 5.32 Å². The van der Waals surface area contributed by atoms with Crippen LogP contribution in [0, 0.1) is 0 Å². The molecule has 3 heteroatoms. The van der Waals surface area contributed by atoms with Crippen molar-refractivity contribution in [2.24, 2.45) is 0 Å². The summed E-state index contributed by atoms with van der Waals surface area (Å²) < 4.78 is 0. The molecule has 0 amide bonds. The Hall–Kier alpha value is -1.35. The van der Waals surface area contributed by atoms with E-state index in [1.807, 2.05) is 24.3 Å². The van der Waals surface area contributed by atoms with Gasteiger partial charge in [-0.1, -0.05) is 12.1 Å². The lowest BCUT2D eigenvalue weighted by molar-refractivity contribution is 0.112. The van der Waals surface area contributed by atoms with Crippen LogP contribution in [0.2, 0.25) is 0 Å². The number of aldehydes is 1. The van der Waals surface area contributed by atoms with Crippen molar-refractivity contribution in [2.75, 3.05) is 25.5 Å². The molecule has 0 unspecified atom stereocenters. The molecule has 3 nitrogen and oxygen atoms in total. The molecule has 0 radical (unpaired) electrons. The number of nitrogens with one attached hydrogen (secondary N) is 1. The maximum absolute atomic E-state index is 10.9. The Morgan fingerprint density at radius 3 is 2.69 bits per heavy atom. The monoisotopic (exact) mass is 218 g/mol. The zero-order valence-electron chi connectivity index (χ0n) is 9.65. The molecular formula is C13H18N2O. The fourth-order valence-corrected chi connectivity index (χ4v) is 2.10. The maximum atomic E-state index is 10.9. The average Bonchev–Trinajstić information content (AvgIpc) is 2.33. The first-order valence-corrected chi connectivity index (χ1v) is 5.79. The molecule has 0 spiro atoms. The molecule has 0 atom stereocenters. The van der Waals surface area contributed by atoms with Crippen LogP contribution >= 0.6 is 0 Å². The molecule has 1 heterocycles. The van der Waals surface area contributed by atoms with E-state index in [0.717, 1.165) is 43.5 Å². The number of piperidine rings is 1. The van der Waals surface area contributed by atoms with E-state index in [0.29, 0.717) is 6.04 Å². The third-order valence-electron chi connectivity index (χ3n) is 3.17. The SMILES string of the molecule is CN1CCC(Nc2ccccc2C=O)CC1. The van der Waals surface area contributed by atoms with Crippen LogP contribution in [0.25, 0.3) is 0 Å². The number of carbonyl (C=O) groups excluding carboxylic acids is 1. The van der Waals surface area contributed by atoms with E-state index >= 15 is 0 Å². The van der Waals surface area contributed by atoms with E-state index in [2.05, 4.69) is 17.3 Å². The molecular weight excluding hydrogens is 200 g/mol. The van der Waals surface area contributed by atoms with Gasteiger partial charge in [0, 0.05) is 17.3 Å². The van der Waals surface area contributed by atoms with Crippen molar-refractivity contribution in [3.05, 3.63) is 29.8 Å². The smallest absolute Gasteiger partial charge is 0.152 e. The molecule has 1 aromatic rings. The van der Waals surface area contributed by atoms with E-state index in [9.17, 15) is 4.79 Å². The third-order valence-corrected chi connectivity index (χ3v) is 3.17. The largest absolute Gasteiger partial charge is 0.382 e. The summed E-state index contributed by atoms with van der Waals surface area (Å²) >= 11 is 0. The Bertz CT molecular complexity index is 357. The first-order chi connectivity index (χ1) is 7.79. The zero-order valence-corrected chi connectivity index (χ0v) is 9.65. The van der Waals surface area contributed by atoms with Crippen LogP contribution in [0.1, 0.15) is 23.2 Å². The van der Waals surface area contributed by atoms with Gasteiger partial charge in [0.15, 0.2) is 6.29 Å². The molecule has 0 aromatic heterocycles. The Labute approximate surface area is 96.5 Å². The number of likely N-dealkylation sites (tertiary alicyclic amines) is 1. The highest BCUT2D eigenvalue weighted by atomic mass is 16.1. The lowest BCUT2D eigenvalue weighted by atomic mass is 10.0. The predicted molar refractivity (Wildman–Crippen MR) is 66.0 cm³/mol. The number of anilines is 1. The normalized spacial score (nSPS) is 18.3. The summed E-state index contributed by atoms with van der Waals surface area (Å²) in [5.74, 6) is 0. The summed E-state index contributed by atoms with van der Waals surface area (Å²) in [6.07, 6.45) is 3.20. The van der Waals surface area contributed by atoms with Gasteiger partial charge in [-0.2, -0.15) is 0 Å². The number of nitrogens with zero attached hydrogens (tertiary/aromatic N) is 1. The summed E-state index contributed by atoms with van der Waals surface area (Å²) in [7, 11) is 2.15. The van der Waals surface area contributed by atoms with Crippen molar-refractivity contribution in [3.8, 4) is 0 Å². The third kappa shape index (κ3) is 2.61. The van der Waals surface area contributed by atoms with Crippen molar-refractivity contribution in [3.63, 3.8) is 0 Å². The number of carbonyl (C=O) groups is 1. The van der Waals surface area contributed by atoms with Gasteiger partial charge in [0.1, 0.15) is 0 Å². The van der Waals surface area contributed by atoms with E-state index in [4.69, 9.17) is 0 Å². The van der Waals surface area contributed by atoms with Gasteiger partial charge < -0.3 is 10.2 Å². The molecule has 1 saturated heterocycles. The molecule has 0 saturated carbocycles. The van der Waals surface area contributed by atoms with Crippen LogP contribution in [0.15, 0.2) is 24.3 Å². The Kier molecular flexibility index (Phi) is 3.57. The predicted octanol–water partition coefficient (Wildman–Crippen LogP) is 2.01. The second-order valence-corrected chi connectivity index (χ2v) is 4.43. The van der Waals surface area contributed by atoms with Crippen LogP contribution in [-0.2, 0) is 0 Å². The molecule has 0 bridgehead atoms. The molecule has 86 valence electrons. The Morgan fingerprint density at radius 1 is 1.31 bits per heavy atom. The van der Waals surface area contributed by atoms with Crippen LogP contribution in [0.5, 0.6) is 0 Å². The maximum Gasteiger partial charge on any atom is 0.152 e. The number of hydrogen-bond acceptors (Lipinski definition) is 3. The minimum absolute atomic E-state index is 0.497. The first-order valence-electron chi connectivity index (χ1n) is 5.79. The quantitative estimate of drug-likeness (QED) is 0.788. The van der Waals surface area contributed by atoms with Gasteiger partial charge in [0.05, 0.1) is 0 Å². The summed E-state index contributed by atoms with van der Waals surface area (Å²) in [5, 5.41) is 3.46. The van der Waals surface area contributed by atoms with Gasteiger partial charge in [0.2, 0.25) is 0 Å². The highest BCUT2D eigenvalue weighted by Gasteiger charge is 2.16. The fraction of sp³-hybridized carbons (Fsp3) is 0.462. The van der Waals surface area contributed by atoms with Crippen molar-refractivity contribution >= 4 is 12.0 Å². The minimum atomic E-state index is 0.497. The summed E-state index contributed by atoms with van der Waals surface area (Å²) in [5.41, 5.74) is 1.72. The van der Waals surface area contributed by atoms with Gasteiger partial charge >= 0.3 is 0 Å². The topological polar surface area (TPSA) is 32.3 Å². The van der Waals surface area contributed by atoms with E-state index in [1.54, 1.807) is 0 Å². The van der Waals surface area contributed by atoms with E-state index in [-0.39, 0.29) is 0 Å². The van der Waals surface area contributed by atoms with Crippen LogP contribution in [0.4, 0.5) is 5.69 Å². The fourth-order valence-electron chi connectivity index (χ4n) is 2.10. The molecule has 1 aliphatic rings. The summed E-state index contributed by atoms with van der Waals surface area (Å²) in [6.45, 7) is 2.25. The van der Waals surface area contributed by atoms with E-state index in [1.165, 1.54) is 0 Å². The van der Waals surface area contributed by atoms with Crippen molar-refractivity contribution in [2.45, 2.75) is 18.9 Å². The average molecular weight is 218 g/mol. The van der Waals surface area contributed by atoms with Crippen molar-refractivity contribution in [1.82, 2.24) is 4.90 Å². The first kappa shape index (κ1) is 11.1. The molecule has 1 fully saturated rings. The highest BCUT2D eigenvalue weighted by Crippen LogP contribution is 2.18. The number of rotatable bonds is 3. The summed E-state index contributed by atoms with van der Waals surface area (Å²) in [6, 6.07) is 8.18. The Balaban J connectivity index is 2.00. The van der Waals surface area contributed by atoms with Gasteiger partial charge in [-0.15, -0.1) is 0 Å². The van der Waals surface area contributed by atoms with E-state index < -0.39 is 0 Å². The standard InChI is InChI=1S/C13H18N2O/c1-15-8-6-12(7-9-15)14-13-5-3-2-4-11(13)10-16/h2-5,10,12,14H,6-9H2,1H3. The van der Waals surface area contributed by atoms with Crippen LogP contribution in [0.3, 0.4) is 0 Å². The molecule has 16 heavy (non-hydrogen) atoms. The van der Waals surface area contributed by atoms with Crippen LogP contribution in [-0.4, -0.2) is 37.4 Å². The Morgan fingerprint density at radius 2 is 2.00 bits per heavy atom. The molecule has 0 aliphatic carbocycles. The lowest BCUT2D eigenvalue weighted by Crippen LogP contribution is -2.36. The van der Waals surface area contributed by atoms with Crippen molar-refractivity contribution < 1.29 is 4.79 Å². The van der Waals surface area contributed by atoms with Crippen molar-refractivity contribution in [1.29, 1.82) is 0 Å². The second kappa shape index (κ2) is 5.12. The van der Waals surface area contributed by atoms with Gasteiger partial charge in [-0.05, 0) is 45.1 Å². The van der Waals surface area contributed by atoms with Gasteiger partial charge in [0.25, 0.3) is 0 Å². The zero-order chi connectivity index (χ0) is 11.4. The van der Waals surface area contributed by atoms with Gasteiger partial charge in [-0.3, -0.25) is 4.79 Å². The second-order valence-electron chi connectivity index (χ2n) is 4.43.